The number of ether oxygens (including phenoxy) is 1. The first-order valence-corrected chi connectivity index (χ1v) is 7.59. The van der Waals surface area contributed by atoms with Gasteiger partial charge in [0, 0.05) is 13.0 Å². The number of carbonyl (C=O) groups is 2. The summed E-state index contributed by atoms with van der Waals surface area (Å²) < 4.78 is 5.36. The summed E-state index contributed by atoms with van der Waals surface area (Å²) in [6.45, 7) is 4.46. The van der Waals surface area contributed by atoms with Gasteiger partial charge in [0.15, 0.2) is 0 Å². The Morgan fingerprint density at radius 1 is 1.27 bits per heavy atom. The molecule has 1 rings (SSSR count). The fourth-order valence-corrected chi connectivity index (χ4v) is 2.19. The van der Waals surface area contributed by atoms with Crippen LogP contribution in [0, 0.1) is 0 Å². The number of amides is 1. The van der Waals surface area contributed by atoms with E-state index in [4.69, 9.17) is 9.84 Å². The van der Waals surface area contributed by atoms with E-state index in [0.29, 0.717) is 18.8 Å². The van der Waals surface area contributed by atoms with Gasteiger partial charge in [0.05, 0.1) is 13.5 Å². The van der Waals surface area contributed by atoms with Crippen LogP contribution in [0.5, 0.6) is 5.75 Å². The third-order valence-electron chi connectivity index (χ3n) is 3.48. The van der Waals surface area contributed by atoms with E-state index in [1.54, 1.807) is 7.11 Å². The Bertz CT molecular complexity index is 511. The Labute approximate surface area is 131 Å². The number of aryl methyl sites for hydroxylation is 1. The smallest absolute Gasteiger partial charge is 0.305 e. The quantitative estimate of drug-likeness (QED) is 0.735. The number of rotatable bonds is 9. The lowest BCUT2D eigenvalue weighted by Crippen LogP contribution is -2.25. The maximum absolute atomic E-state index is 11.6. The molecule has 0 unspecified atom stereocenters. The van der Waals surface area contributed by atoms with Gasteiger partial charge in [-0.3, -0.25) is 9.59 Å². The fourth-order valence-electron chi connectivity index (χ4n) is 2.19. The molecule has 1 aromatic carbocycles. The molecule has 122 valence electrons. The molecule has 0 aliphatic heterocycles. The van der Waals surface area contributed by atoms with Crippen LogP contribution in [0.15, 0.2) is 18.2 Å². The first-order valence-electron chi connectivity index (χ1n) is 7.59. The van der Waals surface area contributed by atoms with Gasteiger partial charge in [-0.15, -0.1) is 0 Å². The molecular formula is C17H25NO4. The maximum Gasteiger partial charge on any atom is 0.305 e. The summed E-state index contributed by atoms with van der Waals surface area (Å²) in [5, 5.41) is 11.1. The van der Waals surface area contributed by atoms with Crippen molar-refractivity contribution in [3.05, 3.63) is 29.3 Å². The molecule has 0 bridgehead atoms. The summed E-state index contributed by atoms with van der Waals surface area (Å²) in [4.78, 5) is 22.0. The predicted octanol–water partition coefficient (Wildman–Crippen LogP) is 2.73. The van der Waals surface area contributed by atoms with E-state index < -0.39 is 5.97 Å². The third-order valence-corrected chi connectivity index (χ3v) is 3.48. The topological polar surface area (TPSA) is 75.6 Å². The van der Waals surface area contributed by atoms with Crippen LogP contribution in [0.1, 0.15) is 50.2 Å². The monoisotopic (exact) mass is 307 g/mol. The van der Waals surface area contributed by atoms with Gasteiger partial charge >= 0.3 is 5.97 Å². The van der Waals surface area contributed by atoms with Crippen molar-refractivity contribution >= 4 is 11.9 Å². The van der Waals surface area contributed by atoms with E-state index in [0.717, 1.165) is 17.7 Å². The van der Waals surface area contributed by atoms with Crippen molar-refractivity contribution in [2.45, 2.75) is 45.4 Å². The van der Waals surface area contributed by atoms with Crippen molar-refractivity contribution in [2.75, 3.05) is 13.7 Å². The minimum Gasteiger partial charge on any atom is -0.496 e. The second kappa shape index (κ2) is 9.07. The summed E-state index contributed by atoms with van der Waals surface area (Å²) in [5.41, 5.74) is 2.36. The van der Waals surface area contributed by atoms with Crippen molar-refractivity contribution in [1.82, 2.24) is 5.32 Å². The molecule has 0 saturated carbocycles. The highest BCUT2D eigenvalue weighted by Gasteiger charge is 2.08. The maximum atomic E-state index is 11.6. The lowest BCUT2D eigenvalue weighted by molar-refractivity contribution is -0.136. The van der Waals surface area contributed by atoms with Crippen LogP contribution in [0.3, 0.4) is 0 Å². The van der Waals surface area contributed by atoms with Crippen molar-refractivity contribution in [3.8, 4) is 5.75 Å². The number of aliphatic carboxylic acids is 1. The Morgan fingerprint density at radius 3 is 2.59 bits per heavy atom. The largest absolute Gasteiger partial charge is 0.496 e. The van der Waals surface area contributed by atoms with E-state index in [-0.39, 0.29) is 18.9 Å². The molecule has 0 saturated heterocycles. The zero-order valence-corrected chi connectivity index (χ0v) is 13.5. The zero-order chi connectivity index (χ0) is 16.5. The molecule has 0 atom stereocenters. The number of carboxylic acids is 1. The van der Waals surface area contributed by atoms with Gasteiger partial charge < -0.3 is 15.2 Å². The van der Waals surface area contributed by atoms with Gasteiger partial charge in [-0.2, -0.15) is 0 Å². The molecule has 1 amide bonds. The number of carbonyl (C=O) groups excluding carboxylic acids is 1. The SMILES string of the molecule is COc1ccc(C(C)C)cc1CCCC(=O)NCCC(=O)O. The van der Waals surface area contributed by atoms with Crippen LogP contribution in [0.4, 0.5) is 0 Å². The minimum atomic E-state index is -0.907. The number of carboxylic acid groups (broad SMARTS) is 1. The molecule has 5 heteroatoms. The second-order valence-electron chi connectivity index (χ2n) is 5.57. The second-order valence-corrected chi connectivity index (χ2v) is 5.57. The summed E-state index contributed by atoms with van der Waals surface area (Å²) in [6.07, 6.45) is 1.80. The standard InChI is InChI=1S/C17H25NO4/c1-12(2)13-7-8-15(22-3)14(11-13)5-4-6-16(19)18-10-9-17(20)21/h7-8,11-12H,4-6,9-10H2,1-3H3,(H,18,19)(H,20,21). The Morgan fingerprint density at radius 2 is 2.00 bits per heavy atom. The van der Waals surface area contributed by atoms with E-state index in [2.05, 4.69) is 31.3 Å². The Balaban J connectivity index is 2.48. The lowest BCUT2D eigenvalue weighted by atomic mass is 9.97. The van der Waals surface area contributed by atoms with E-state index in [9.17, 15) is 9.59 Å². The van der Waals surface area contributed by atoms with Crippen molar-refractivity contribution in [3.63, 3.8) is 0 Å². The van der Waals surface area contributed by atoms with Crippen LogP contribution in [0.2, 0.25) is 0 Å². The third kappa shape index (κ3) is 6.16. The van der Waals surface area contributed by atoms with Gasteiger partial charge in [0.25, 0.3) is 0 Å². The molecule has 1 aromatic rings. The first-order chi connectivity index (χ1) is 10.4. The van der Waals surface area contributed by atoms with E-state index in [1.807, 2.05) is 6.07 Å². The van der Waals surface area contributed by atoms with E-state index >= 15 is 0 Å². The van der Waals surface area contributed by atoms with Gasteiger partial charge in [0.1, 0.15) is 5.75 Å². The summed E-state index contributed by atoms with van der Waals surface area (Å²) in [7, 11) is 1.65. The average Bonchev–Trinajstić information content (AvgIpc) is 2.46. The molecular weight excluding hydrogens is 282 g/mol. The number of nitrogens with one attached hydrogen (secondary N) is 1. The Kier molecular flexibility index (Phi) is 7.43. The first kappa shape index (κ1) is 18.0. The normalized spacial score (nSPS) is 10.5. The van der Waals surface area contributed by atoms with Gasteiger partial charge in [0.2, 0.25) is 5.91 Å². The summed E-state index contributed by atoms with van der Waals surface area (Å²) >= 11 is 0. The summed E-state index contributed by atoms with van der Waals surface area (Å²) in [6, 6.07) is 6.16. The Hall–Kier alpha value is -2.04. The highest BCUT2D eigenvalue weighted by atomic mass is 16.5. The number of methoxy groups -OCH3 is 1. The van der Waals surface area contributed by atoms with Crippen LogP contribution in [-0.4, -0.2) is 30.6 Å². The number of hydrogen-bond donors (Lipinski definition) is 2. The summed E-state index contributed by atoms with van der Waals surface area (Å²) in [5.74, 6) is 0.274. The molecule has 0 heterocycles. The van der Waals surface area contributed by atoms with Crippen LogP contribution in [0.25, 0.3) is 0 Å². The van der Waals surface area contributed by atoms with Crippen LogP contribution >= 0.6 is 0 Å². The van der Waals surface area contributed by atoms with E-state index in [1.165, 1.54) is 5.56 Å². The molecule has 0 fully saturated rings. The van der Waals surface area contributed by atoms with Crippen molar-refractivity contribution in [1.29, 1.82) is 0 Å². The molecule has 0 spiro atoms. The lowest BCUT2D eigenvalue weighted by Gasteiger charge is -2.12. The molecule has 5 nitrogen and oxygen atoms in total. The average molecular weight is 307 g/mol. The molecule has 0 aromatic heterocycles. The fraction of sp³-hybridized carbons (Fsp3) is 0.529. The molecule has 2 N–H and O–H groups in total. The van der Waals surface area contributed by atoms with Gasteiger partial charge in [-0.1, -0.05) is 26.0 Å². The zero-order valence-electron chi connectivity index (χ0n) is 13.5. The number of benzene rings is 1. The highest BCUT2D eigenvalue weighted by molar-refractivity contribution is 5.76. The van der Waals surface area contributed by atoms with Gasteiger partial charge in [-0.25, -0.2) is 0 Å². The number of hydrogen-bond acceptors (Lipinski definition) is 3. The minimum absolute atomic E-state index is 0.0456. The molecule has 0 radical (unpaired) electrons. The van der Waals surface area contributed by atoms with Crippen molar-refractivity contribution in [2.24, 2.45) is 0 Å². The van der Waals surface area contributed by atoms with Gasteiger partial charge in [-0.05, 0) is 36.0 Å². The highest BCUT2D eigenvalue weighted by Crippen LogP contribution is 2.25. The van der Waals surface area contributed by atoms with Crippen LogP contribution in [-0.2, 0) is 16.0 Å². The molecule has 22 heavy (non-hydrogen) atoms. The van der Waals surface area contributed by atoms with Crippen molar-refractivity contribution < 1.29 is 19.4 Å². The predicted molar refractivity (Wildman–Crippen MR) is 85.3 cm³/mol. The molecule has 0 aliphatic carbocycles. The van der Waals surface area contributed by atoms with Crippen LogP contribution < -0.4 is 10.1 Å². The molecule has 0 aliphatic rings.